The van der Waals surface area contributed by atoms with Gasteiger partial charge in [0.2, 0.25) is 5.13 Å². The number of aliphatic carboxylic acids is 1. The summed E-state index contributed by atoms with van der Waals surface area (Å²) in [7, 11) is 0. The monoisotopic (exact) mass is 229 g/mol. The van der Waals surface area contributed by atoms with Crippen molar-refractivity contribution in [2.24, 2.45) is 0 Å². The van der Waals surface area contributed by atoms with Gasteiger partial charge in [-0.2, -0.15) is 4.37 Å². The van der Waals surface area contributed by atoms with Gasteiger partial charge >= 0.3 is 5.97 Å². The summed E-state index contributed by atoms with van der Waals surface area (Å²) in [6, 6.07) is 0. The maximum atomic E-state index is 10.9. The average molecular weight is 229 g/mol. The van der Waals surface area contributed by atoms with Crippen LogP contribution in [0.15, 0.2) is 0 Å². The molecule has 15 heavy (non-hydrogen) atoms. The molecule has 6 heteroatoms. The van der Waals surface area contributed by atoms with E-state index >= 15 is 0 Å². The van der Waals surface area contributed by atoms with Crippen LogP contribution in [0.25, 0.3) is 0 Å². The predicted molar refractivity (Wildman–Crippen MR) is 59.3 cm³/mol. The van der Waals surface area contributed by atoms with Gasteiger partial charge in [0.05, 0.1) is 0 Å². The Morgan fingerprint density at radius 2 is 2.13 bits per heavy atom. The second-order valence-corrected chi connectivity index (χ2v) is 4.92. The third-order valence-corrected chi connectivity index (χ3v) is 2.56. The lowest BCUT2D eigenvalue weighted by molar-refractivity contribution is -0.141. The molecule has 0 unspecified atom stereocenters. The Kier molecular flexibility index (Phi) is 3.28. The Labute approximate surface area is 92.7 Å². The zero-order valence-electron chi connectivity index (χ0n) is 9.24. The molecule has 84 valence electrons. The normalized spacial score (nSPS) is 11.8. The van der Waals surface area contributed by atoms with Gasteiger partial charge in [0.1, 0.15) is 11.4 Å². The number of carbonyl (C=O) groups is 1. The van der Waals surface area contributed by atoms with Gasteiger partial charge in [0.15, 0.2) is 0 Å². The van der Waals surface area contributed by atoms with E-state index in [9.17, 15) is 4.79 Å². The molecule has 0 saturated heterocycles. The molecule has 1 rings (SSSR count). The number of aromatic nitrogens is 2. The molecule has 0 fully saturated rings. The molecule has 0 saturated carbocycles. The van der Waals surface area contributed by atoms with Gasteiger partial charge in [-0.15, -0.1) is 0 Å². The lowest BCUT2D eigenvalue weighted by Crippen LogP contribution is -2.39. The Balaban J connectivity index is 2.77. The van der Waals surface area contributed by atoms with Crippen LogP contribution in [0.1, 0.15) is 39.4 Å². The molecule has 0 aliphatic rings. The zero-order valence-corrected chi connectivity index (χ0v) is 10.1. The average Bonchev–Trinajstić information content (AvgIpc) is 2.51. The first-order valence-electron chi connectivity index (χ1n) is 4.68. The standard InChI is InChI=1S/C9H15N3O2S/c1-5(2)6-10-8(15-12-6)11-9(3,4)7(13)14/h5H,1-4H3,(H,13,14)(H,10,11,12). The predicted octanol–water partition coefficient (Wildman–Crippen LogP) is 1.94. The Morgan fingerprint density at radius 1 is 1.53 bits per heavy atom. The highest BCUT2D eigenvalue weighted by molar-refractivity contribution is 7.09. The quantitative estimate of drug-likeness (QED) is 0.825. The fourth-order valence-electron chi connectivity index (χ4n) is 0.841. The lowest BCUT2D eigenvalue weighted by Gasteiger charge is -2.19. The fourth-order valence-corrected chi connectivity index (χ4v) is 1.71. The molecule has 1 heterocycles. The fraction of sp³-hybridized carbons (Fsp3) is 0.667. The van der Waals surface area contributed by atoms with Crippen molar-refractivity contribution in [2.45, 2.75) is 39.2 Å². The van der Waals surface area contributed by atoms with E-state index in [4.69, 9.17) is 5.11 Å². The number of nitrogens with zero attached hydrogens (tertiary/aromatic N) is 2. The Hall–Kier alpha value is -1.17. The second kappa shape index (κ2) is 4.14. The number of rotatable bonds is 4. The molecular weight excluding hydrogens is 214 g/mol. The van der Waals surface area contributed by atoms with Crippen LogP contribution in [-0.2, 0) is 4.79 Å². The van der Waals surface area contributed by atoms with Crippen LogP contribution in [0.3, 0.4) is 0 Å². The lowest BCUT2D eigenvalue weighted by atomic mass is 10.1. The van der Waals surface area contributed by atoms with Crippen LogP contribution in [-0.4, -0.2) is 26.0 Å². The molecule has 0 amide bonds. The molecule has 1 aromatic rings. The molecule has 0 radical (unpaired) electrons. The van der Waals surface area contributed by atoms with Crippen molar-refractivity contribution in [2.75, 3.05) is 5.32 Å². The van der Waals surface area contributed by atoms with Crippen molar-refractivity contribution < 1.29 is 9.90 Å². The number of nitrogens with one attached hydrogen (secondary N) is 1. The van der Waals surface area contributed by atoms with Crippen LogP contribution in [0.5, 0.6) is 0 Å². The first-order chi connectivity index (χ1) is 6.83. The van der Waals surface area contributed by atoms with E-state index in [1.54, 1.807) is 13.8 Å². The molecular formula is C9H15N3O2S. The van der Waals surface area contributed by atoms with Crippen molar-refractivity contribution in [3.05, 3.63) is 5.82 Å². The molecule has 0 spiro atoms. The number of hydrogen-bond donors (Lipinski definition) is 2. The summed E-state index contributed by atoms with van der Waals surface area (Å²) in [6.07, 6.45) is 0. The minimum Gasteiger partial charge on any atom is -0.480 e. The van der Waals surface area contributed by atoms with E-state index in [1.165, 1.54) is 11.5 Å². The van der Waals surface area contributed by atoms with Gasteiger partial charge in [-0.25, -0.2) is 9.78 Å². The minimum atomic E-state index is -1.02. The van der Waals surface area contributed by atoms with Crippen LogP contribution in [0.4, 0.5) is 5.13 Å². The van der Waals surface area contributed by atoms with E-state index in [0.29, 0.717) is 5.13 Å². The van der Waals surface area contributed by atoms with E-state index in [0.717, 1.165) is 5.82 Å². The summed E-state index contributed by atoms with van der Waals surface area (Å²) in [5.74, 6) is 0.0808. The van der Waals surface area contributed by atoms with Crippen molar-refractivity contribution in [1.82, 2.24) is 9.36 Å². The largest absolute Gasteiger partial charge is 0.480 e. The zero-order chi connectivity index (χ0) is 11.6. The summed E-state index contributed by atoms with van der Waals surface area (Å²) in [4.78, 5) is 15.1. The summed E-state index contributed by atoms with van der Waals surface area (Å²) in [5, 5.41) is 12.3. The van der Waals surface area contributed by atoms with Crippen molar-refractivity contribution in [1.29, 1.82) is 0 Å². The molecule has 2 N–H and O–H groups in total. The van der Waals surface area contributed by atoms with Gasteiger partial charge < -0.3 is 10.4 Å². The molecule has 0 atom stereocenters. The number of hydrogen-bond acceptors (Lipinski definition) is 5. The number of carboxylic acids is 1. The molecule has 1 aromatic heterocycles. The van der Waals surface area contributed by atoms with E-state index in [2.05, 4.69) is 14.7 Å². The molecule has 0 aromatic carbocycles. The smallest absolute Gasteiger partial charge is 0.328 e. The summed E-state index contributed by atoms with van der Waals surface area (Å²) >= 11 is 1.19. The maximum Gasteiger partial charge on any atom is 0.328 e. The summed E-state index contributed by atoms with van der Waals surface area (Å²) in [6.45, 7) is 7.17. The first kappa shape index (κ1) is 11.9. The van der Waals surface area contributed by atoms with Crippen LogP contribution in [0.2, 0.25) is 0 Å². The number of anilines is 1. The topological polar surface area (TPSA) is 75.1 Å². The van der Waals surface area contributed by atoms with Gasteiger partial charge in [0, 0.05) is 17.5 Å². The van der Waals surface area contributed by atoms with Crippen molar-refractivity contribution >= 4 is 22.6 Å². The van der Waals surface area contributed by atoms with Crippen LogP contribution in [0, 0.1) is 0 Å². The molecule has 5 nitrogen and oxygen atoms in total. The van der Waals surface area contributed by atoms with E-state index in [1.807, 2.05) is 13.8 Å². The van der Waals surface area contributed by atoms with Crippen molar-refractivity contribution in [3.8, 4) is 0 Å². The molecule has 0 aliphatic carbocycles. The van der Waals surface area contributed by atoms with Gasteiger partial charge in [0.25, 0.3) is 0 Å². The van der Waals surface area contributed by atoms with E-state index in [-0.39, 0.29) is 5.92 Å². The van der Waals surface area contributed by atoms with Gasteiger partial charge in [-0.1, -0.05) is 13.8 Å². The third kappa shape index (κ3) is 2.89. The van der Waals surface area contributed by atoms with Crippen LogP contribution < -0.4 is 5.32 Å². The highest BCUT2D eigenvalue weighted by Crippen LogP contribution is 2.20. The Bertz CT molecular complexity index is 360. The van der Waals surface area contributed by atoms with Crippen LogP contribution >= 0.6 is 11.5 Å². The first-order valence-corrected chi connectivity index (χ1v) is 5.45. The van der Waals surface area contributed by atoms with Gasteiger partial charge in [-0.05, 0) is 13.8 Å². The molecule has 0 aliphatic heterocycles. The van der Waals surface area contributed by atoms with Crippen molar-refractivity contribution in [3.63, 3.8) is 0 Å². The molecule has 0 bridgehead atoms. The summed E-state index contributed by atoms with van der Waals surface area (Å²) in [5.41, 5.74) is -1.02. The number of carboxylic acid groups (broad SMARTS) is 1. The highest BCUT2D eigenvalue weighted by Gasteiger charge is 2.28. The Morgan fingerprint density at radius 3 is 2.53 bits per heavy atom. The van der Waals surface area contributed by atoms with E-state index < -0.39 is 11.5 Å². The second-order valence-electron chi connectivity index (χ2n) is 4.17. The minimum absolute atomic E-state index is 0.254. The maximum absolute atomic E-state index is 10.9. The summed E-state index contributed by atoms with van der Waals surface area (Å²) < 4.78 is 4.13. The third-order valence-electron chi connectivity index (χ3n) is 1.91. The SMILES string of the molecule is CC(C)c1nsc(NC(C)(C)C(=O)O)n1. The highest BCUT2D eigenvalue weighted by atomic mass is 32.1. The van der Waals surface area contributed by atoms with Gasteiger partial charge in [-0.3, -0.25) is 0 Å².